The Morgan fingerprint density at radius 2 is 1.63 bits per heavy atom. The number of hydrogen-bond acceptors (Lipinski definition) is 7. The van der Waals surface area contributed by atoms with Gasteiger partial charge < -0.3 is 9.73 Å². The monoisotopic (exact) mass is 631 g/mol. The number of amides is 2. The van der Waals surface area contributed by atoms with Gasteiger partial charge in [0.25, 0.3) is 5.91 Å². The van der Waals surface area contributed by atoms with Crippen molar-refractivity contribution in [3.8, 4) is 0 Å². The Labute approximate surface area is 259 Å². The van der Waals surface area contributed by atoms with E-state index in [1.807, 2.05) is 6.07 Å². The van der Waals surface area contributed by atoms with Crippen LogP contribution in [0.3, 0.4) is 0 Å². The predicted molar refractivity (Wildman–Crippen MR) is 173 cm³/mol. The van der Waals surface area contributed by atoms with Crippen molar-refractivity contribution in [3.05, 3.63) is 36.4 Å². The fourth-order valence-corrected chi connectivity index (χ4v) is 8.98. The first kappa shape index (κ1) is 33.3. The molecule has 9 nitrogen and oxygen atoms in total. The Morgan fingerprint density at radius 3 is 2.30 bits per heavy atom. The first-order valence-corrected chi connectivity index (χ1v) is 17.9. The molecule has 0 bridgehead atoms. The smallest absolute Gasteiger partial charge is 0.263 e. The molecule has 3 N–H and O–H groups in total. The lowest BCUT2D eigenvalue weighted by Gasteiger charge is -2.43. The molecule has 236 valence electrons. The molecule has 4 rings (SSSR count). The van der Waals surface area contributed by atoms with Crippen LogP contribution in [0.25, 0.3) is 21.9 Å². The summed E-state index contributed by atoms with van der Waals surface area (Å²) in [7, 11) is -4.07. The summed E-state index contributed by atoms with van der Waals surface area (Å²) in [6, 6.07) is 8.92. The molecular weight excluding hydrogens is 587 g/mol. The van der Waals surface area contributed by atoms with Crippen molar-refractivity contribution in [2.24, 2.45) is 0 Å². The molecule has 11 heteroatoms. The van der Waals surface area contributed by atoms with Crippen LogP contribution in [0.1, 0.15) is 91.4 Å². The van der Waals surface area contributed by atoms with Crippen molar-refractivity contribution < 1.29 is 27.6 Å². The van der Waals surface area contributed by atoms with Gasteiger partial charge in [-0.2, -0.15) is 16.1 Å². The highest BCUT2D eigenvalue weighted by Crippen LogP contribution is 2.39. The van der Waals surface area contributed by atoms with E-state index in [2.05, 4.69) is 12.2 Å². The van der Waals surface area contributed by atoms with Crippen LogP contribution in [-0.2, 0) is 19.6 Å². The highest BCUT2D eigenvalue weighted by molar-refractivity contribution is 8.01. The van der Waals surface area contributed by atoms with Crippen LogP contribution in [0.2, 0.25) is 0 Å². The van der Waals surface area contributed by atoms with E-state index in [0.717, 1.165) is 24.6 Å². The number of sulfonamides is 1. The number of fused-ring (bicyclic) bond motifs is 3. The van der Waals surface area contributed by atoms with Gasteiger partial charge in [-0.1, -0.05) is 64.7 Å². The number of carbonyl (C=O) groups excluding carboxylic acids is 2. The molecule has 0 radical (unpaired) electrons. The lowest BCUT2D eigenvalue weighted by atomic mass is 10.0. The second kappa shape index (κ2) is 14.9. The number of hydroxylamine groups is 1. The van der Waals surface area contributed by atoms with Gasteiger partial charge in [0.2, 0.25) is 15.9 Å². The van der Waals surface area contributed by atoms with Gasteiger partial charge in [0.15, 0.2) is 0 Å². The first-order valence-electron chi connectivity index (χ1n) is 15.4. The standard InChI is InChI=1S/C32H45N3O6S2/c1-4-5-6-7-8-9-10-11-12-13-14-29(36)33-23-15-17-25-26-22-24(16-18-27(26)41-28(25)21-23)43(39,40)35-19-20-42-32(2,3)30(35)31(37)34-38/h15-18,21-22,30,38H,4-14,19-20H2,1-3H3,(H,33,36)(H,34,37). The van der Waals surface area contributed by atoms with Gasteiger partial charge in [-0.05, 0) is 50.6 Å². The molecule has 1 fully saturated rings. The fraction of sp³-hybridized carbons (Fsp3) is 0.562. The molecule has 1 unspecified atom stereocenters. The van der Waals surface area contributed by atoms with Crippen molar-refractivity contribution in [1.29, 1.82) is 0 Å². The number of unbranched alkanes of at least 4 members (excludes halogenated alkanes) is 9. The number of rotatable bonds is 15. The number of benzene rings is 2. The summed E-state index contributed by atoms with van der Waals surface area (Å²) < 4.78 is 34.0. The SMILES string of the molecule is CCCCCCCCCCCCC(=O)Nc1ccc2c(c1)oc1ccc(S(=O)(=O)N3CCSC(C)(C)C3C(=O)NO)cc12. The summed E-state index contributed by atoms with van der Waals surface area (Å²) in [5, 5.41) is 13.6. The molecule has 2 heterocycles. The minimum atomic E-state index is -4.07. The summed E-state index contributed by atoms with van der Waals surface area (Å²) in [6.07, 6.45) is 12.6. The van der Waals surface area contributed by atoms with Gasteiger partial charge in [-0.15, -0.1) is 0 Å². The minimum Gasteiger partial charge on any atom is -0.456 e. The van der Waals surface area contributed by atoms with E-state index in [9.17, 15) is 23.2 Å². The van der Waals surface area contributed by atoms with Gasteiger partial charge in [0.1, 0.15) is 17.2 Å². The molecule has 0 aliphatic carbocycles. The van der Waals surface area contributed by atoms with Crippen LogP contribution in [0.4, 0.5) is 5.69 Å². The largest absolute Gasteiger partial charge is 0.456 e. The highest BCUT2D eigenvalue weighted by Gasteiger charge is 2.48. The number of anilines is 1. The average Bonchev–Trinajstić information content (AvgIpc) is 3.34. The van der Waals surface area contributed by atoms with Gasteiger partial charge in [0.05, 0.1) is 4.90 Å². The predicted octanol–water partition coefficient (Wildman–Crippen LogP) is 7.23. The molecule has 2 aromatic carbocycles. The second-order valence-electron chi connectivity index (χ2n) is 11.9. The Hall–Kier alpha value is -2.60. The number of hydrogen-bond donors (Lipinski definition) is 3. The number of nitrogens with zero attached hydrogens (tertiary/aromatic N) is 1. The Balaban J connectivity index is 1.39. The molecule has 2 amide bonds. The number of carbonyl (C=O) groups is 2. The van der Waals surface area contributed by atoms with Crippen LogP contribution in [0, 0.1) is 0 Å². The van der Waals surface area contributed by atoms with Crippen molar-refractivity contribution in [1.82, 2.24) is 9.79 Å². The molecule has 1 saturated heterocycles. The van der Waals surface area contributed by atoms with E-state index in [-0.39, 0.29) is 17.3 Å². The normalized spacial score (nSPS) is 17.3. The zero-order valence-corrected chi connectivity index (χ0v) is 27.1. The van der Waals surface area contributed by atoms with Crippen LogP contribution < -0.4 is 10.8 Å². The summed E-state index contributed by atoms with van der Waals surface area (Å²) in [5.41, 5.74) is 3.32. The van der Waals surface area contributed by atoms with Gasteiger partial charge in [0, 0.05) is 46.0 Å². The third kappa shape index (κ3) is 8.12. The summed E-state index contributed by atoms with van der Waals surface area (Å²) >= 11 is 1.49. The quantitative estimate of drug-likeness (QED) is 0.0917. The second-order valence-corrected chi connectivity index (χ2v) is 15.5. The van der Waals surface area contributed by atoms with Crippen LogP contribution >= 0.6 is 11.8 Å². The van der Waals surface area contributed by atoms with Crippen molar-refractivity contribution in [3.63, 3.8) is 0 Å². The maximum absolute atomic E-state index is 13.8. The Morgan fingerprint density at radius 1 is 0.953 bits per heavy atom. The van der Waals surface area contributed by atoms with Gasteiger partial charge >= 0.3 is 0 Å². The summed E-state index contributed by atoms with van der Waals surface area (Å²) in [4.78, 5) is 25.1. The first-order chi connectivity index (χ1) is 20.6. The lowest BCUT2D eigenvalue weighted by Crippen LogP contribution is -2.61. The van der Waals surface area contributed by atoms with E-state index in [1.54, 1.807) is 43.6 Å². The molecule has 1 aromatic heterocycles. The summed E-state index contributed by atoms with van der Waals surface area (Å²) in [6.45, 7) is 5.96. The molecule has 43 heavy (non-hydrogen) atoms. The number of thioether (sulfide) groups is 1. The van der Waals surface area contributed by atoms with Gasteiger partial charge in [-0.25, -0.2) is 13.9 Å². The molecule has 1 atom stereocenters. The summed E-state index contributed by atoms with van der Waals surface area (Å²) in [5.74, 6) is -0.280. The minimum absolute atomic E-state index is 0.0347. The van der Waals surface area contributed by atoms with E-state index < -0.39 is 26.7 Å². The molecule has 3 aromatic rings. The van der Waals surface area contributed by atoms with Crippen molar-refractivity contribution in [2.45, 2.75) is 107 Å². The van der Waals surface area contributed by atoms with E-state index >= 15 is 0 Å². The van der Waals surface area contributed by atoms with Crippen molar-refractivity contribution >= 4 is 61.2 Å². The highest BCUT2D eigenvalue weighted by atomic mass is 32.2. The van der Waals surface area contributed by atoms with E-state index in [1.165, 1.54) is 67.1 Å². The Kier molecular flexibility index (Phi) is 11.6. The maximum Gasteiger partial charge on any atom is 0.263 e. The zero-order chi connectivity index (χ0) is 31.0. The zero-order valence-electron chi connectivity index (χ0n) is 25.5. The molecular formula is C32H45N3O6S2. The Bertz CT molecular complexity index is 1520. The maximum atomic E-state index is 13.8. The average molecular weight is 632 g/mol. The van der Waals surface area contributed by atoms with E-state index in [4.69, 9.17) is 4.42 Å². The van der Waals surface area contributed by atoms with Crippen molar-refractivity contribution in [2.75, 3.05) is 17.6 Å². The molecule has 1 aliphatic heterocycles. The number of furan rings is 1. The lowest BCUT2D eigenvalue weighted by molar-refractivity contribution is -0.134. The van der Waals surface area contributed by atoms with Crippen LogP contribution in [-0.4, -0.2) is 52.8 Å². The van der Waals surface area contributed by atoms with Crippen LogP contribution in [0.5, 0.6) is 0 Å². The number of nitrogens with one attached hydrogen (secondary N) is 2. The topological polar surface area (TPSA) is 129 Å². The van der Waals surface area contributed by atoms with Gasteiger partial charge in [-0.3, -0.25) is 14.8 Å². The third-order valence-electron chi connectivity index (χ3n) is 8.18. The molecule has 1 aliphatic rings. The van der Waals surface area contributed by atoms with Crippen LogP contribution in [0.15, 0.2) is 45.7 Å². The third-order valence-corrected chi connectivity index (χ3v) is 11.4. The molecule has 0 spiro atoms. The fourth-order valence-electron chi connectivity index (χ4n) is 5.85. The van der Waals surface area contributed by atoms with E-state index in [0.29, 0.717) is 34.4 Å². The molecule has 0 saturated carbocycles.